The molecule has 0 unspecified atom stereocenters. The van der Waals surface area contributed by atoms with Crippen LogP contribution in [-0.2, 0) is 17.3 Å². The van der Waals surface area contributed by atoms with E-state index in [4.69, 9.17) is 9.26 Å². The van der Waals surface area contributed by atoms with Crippen molar-refractivity contribution in [2.45, 2.75) is 12.6 Å². The smallest absolute Gasteiger partial charge is 0.383 e. The molecule has 0 aliphatic heterocycles. The van der Waals surface area contributed by atoms with Gasteiger partial charge in [-0.25, -0.2) is 0 Å². The van der Waals surface area contributed by atoms with E-state index in [1.807, 2.05) is 5.38 Å². The average Bonchev–Trinajstić information content (AvgIpc) is 3.39. The number of thiophene rings is 1. The molecule has 2 aromatic heterocycles. The Hall–Kier alpha value is -2.72. The molecule has 1 amide bonds. The second-order valence-corrected chi connectivity index (χ2v) is 7.05. The fourth-order valence-electron chi connectivity index (χ4n) is 2.61. The lowest BCUT2D eigenvalue weighted by molar-refractivity contribution is -0.137. The molecule has 2 heterocycles. The van der Waals surface area contributed by atoms with Crippen LogP contribution in [0.5, 0.6) is 0 Å². The van der Waals surface area contributed by atoms with Crippen LogP contribution < -0.4 is 0 Å². The third-order valence-electron chi connectivity index (χ3n) is 4.10. The molecule has 0 atom stereocenters. The highest BCUT2D eigenvalue weighted by atomic mass is 32.1. The fraction of sp³-hybridized carbons (Fsp3) is 0.316. The van der Waals surface area contributed by atoms with E-state index in [0.717, 1.165) is 12.1 Å². The van der Waals surface area contributed by atoms with Crippen molar-refractivity contribution >= 4 is 17.2 Å². The summed E-state index contributed by atoms with van der Waals surface area (Å²) in [4.78, 5) is 19.0. The number of aromatic nitrogens is 2. The minimum absolute atomic E-state index is 0.0686. The van der Waals surface area contributed by atoms with E-state index in [1.54, 1.807) is 24.1 Å². The molecule has 0 bridgehead atoms. The normalized spacial score (nSPS) is 11.6. The Labute approximate surface area is 168 Å². The summed E-state index contributed by atoms with van der Waals surface area (Å²) >= 11 is 1.34. The van der Waals surface area contributed by atoms with Gasteiger partial charge in [0.25, 0.3) is 5.91 Å². The number of methoxy groups -OCH3 is 1. The van der Waals surface area contributed by atoms with E-state index >= 15 is 0 Å². The lowest BCUT2D eigenvalue weighted by atomic mass is 10.1. The zero-order valence-electron chi connectivity index (χ0n) is 15.5. The van der Waals surface area contributed by atoms with Gasteiger partial charge in [0.2, 0.25) is 11.7 Å². The van der Waals surface area contributed by atoms with Crippen LogP contribution >= 0.6 is 11.3 Å². The largest absolute Gasteiger partial charge is 0.416 e. The summed E-state index contributed by atoms with van der Waals surface area (Å²) in [5, 5.41) is 5.59. The van der Waals surface area contributed by atoms with Gasteiger partial charge in [-0.1, -0.05) is 23.4 Å². The molecule has 0 spiro atoms. The molecule has 0 aliphatic carbocycles. The van der Waals surface area contributed by atoms with Crippen LogP contribution in [-0.4, -0.2) is 47.8 Å². The van der Waals surface area contributed by atoms with Crippen LogP contribution in [0.3, 0.4) is 0 Å². The highest BCUT2D eigenvalue weighted by molar-refractivity contribution is 7.12. The van der Waals surface area contributed by atoms with Gasteiger partial charge in [-0.05, 0) is 23.6 Å². The van der Waals surface area contributed by atoms with Gasteiger partial charge in [0, 0.05) is 32.2 Å². The molecule has 154 valence electrons. The highest BCUT2D eigenvalue weighted by Crippen LogP contribution is 2.31. The van der Waals surface area contributed by atoms with Crippen LogP contribution in [0.2, 0.25) is 0 Å². The molecular weight excluding hydrogens is 407 g/mol. The second kappa shape index (κ2) is 9.19. The number of alkyl halides is 3. The predicted octanol–water partition coefficient (Wildman–Crippen LogP) is 4.15. The second-order valence-electron chi connectivity index (χ2n) is 6.10. The first-order valence-electron chi connectivity index (χ1n) is 8.70. The molecule has 0 aliphatic rings. The number of ether oxygens (including phenoxy) is 1. The van der Waals surface area contributed by atoms with Crippen molar-refractivity contribution in [3.63, 3.8) is 0 Å². The summed E-state index contributed by atoms with van der Waals surface area (Å²) in [6.07, 6.45) is -4.18. The third kappa shape index (κ3) is 5.42. The number of amides is 1. The number of carbonyl (C=O) groups is 1. The molecule has 0 saturated carbocycles. The number of hydrogen-bond donors (Lipinski definition) is 0. The van der Waals surface area contributed by atoms with Crippen molar-refractivity contribution in [1.82, 2.24) is 15.0 Å². The molecule has 10 heteroatoms. The van der Waals surface area contributed by atoms with E-state index in [2.05, 4.69) is 10.1 Å². The number of halogens is 3. The molecule has 6 nitrogen and oxygen atoms in total. The maximum Gasteiger partial charge on any atom is 0.416 e. The lowest BCUT2D eigenvalue weighted by Crippen LogP contribution is -2.35. The summed E-state index contributed by atoms with van der Waals surface area (Å²) < 4.78 is 48.9. The number of benzene rings is 1. The van der Waals surface area contributed by atoms with Gasteiger partial charge in [-0.15, -0.1) is 11.3 Å². The zero-order chi connectivity index (χ0) is 20.9. The van der Waals surface area contributed by atoms with Crippen molar-refractivity contribution in [3.8, 4) is 11.4 Å². The van der Waals surface area contributed by atoms with Gasteiger partial charge in [0.05, 0.1) is 17.0 Å². The molecule has 29 heavy (non-hydrogen) atoms. The average molecular weight is 425 g/mol. The van der Waals surface area contributed by atoms with Crippen molar-refractivity contribution < 1.29 is 27.2 Å². The maximum absolute atomic E-state index is 12.9. The first-order valence-corrected chi connectivity index (χ1v) is 9.58. The molecular formula is C19H18F3N3O3S. The Morgan fingerprint density at radius 3 is 2.76 bits per heavy atom. The summed E-state index contributed by atoms with van der Waals surface area (Å²) in [5.41, 5.74) is -0.575. The van der Waals surface area contributed by atoms with Gasteiger partial charge < -0.3 is 14.2 Å². The molecule has 3 aromatic rings. The zero-order valence-corrected chi connectivity index (χ0v) is 16.3. The van der Waals surface area contributed by atoms with E-state index < -0.39 is 11.7 Å². The Bertz CT molecular complexity index is 942. The first kappa shape index (κ1) is 21.0. The van der Waals surface area contributed by atoms with Crippen molar-refractivity contribution in [2.75, 3.05) is 26.8 Å². The first-order chi connectivity index (χ1) is 13.9. The Morgan fingerprint density at radius 1 is 1.24 bits per heavy atom. The maximum atomic E-state index is 12.9. The van der Waals surface area contributed by atoms with E-state index in [-0.39, 0.29) is 29.6 Å². The minimum Gasteiger partial charge on any atom is -0.383 e. The molecule has 3 rings (SSSR count). The van der Waals surface area contributed by atoms with Gasteiger partial charge in [-0.3, -0.25) is 4.79 Å². The van der Waals surface area contributed by atoms with Gasteiger partial charge in [-0.2, -0.15) is 18.2 Å². The summed E-state index contributed by atoms with van der Waals surface area (Å²) in [5.74, 6) is 0.174. The minimum atomic E-state index is -4.45. The number of rotatable bonds is 8. The van der Waals surface area contributed by atoms with Crippen LogP contribution in [0.4, 0.5) is 13.2 Å². The Balaban J connectivity index is 1.69. The van der Waals surface area contributed by atoms with Crippen LogP contribution in [0.15, 0.2) is 46.3 Å². The summed E-state index contributed by atoms with van der Waals surface area (Å²) in [6, 6.07) is 8.26. The SMILES string of the molecule is COCCN(CCc1nc(-c2cccc(C(F)(F)F)c2)no1)C(=O)c1cccs1. The van der Waals surface area contributed by atoms with Crippen molar-refractivity contribution in [3.05, 3.63) is 58.1 Å². The number of carbonyl (C=O) groups excluding carboxylic acids is 1. The van der Waals surface area contributed by atoms with Crippen molar-refractivity contribution in [1.29, 1.82) is 0 Å². The molecule has 1 aromatic carbocycles. The quantitative estimate of drug-likeness (QED) is 0.542. The lowest BCUT2D eigenvalue weighted by Gasteiger charge is -2.20. The predicted molar refractivity (Wildman–Crippen MR) is 101 cm³/mol. The molecule has 0 saturated heterocycles. The standard InChI is InChI=1S/C19H18F3N3O3S/c1-27-10-9-25(18(26)15-6-3-11-29-15)8-7-16-23-17(24-28-16)13-4-2-5-14(12-13)19(20,21)22/h2-6,11-12H,7-10H2,1H3. The van der Waals surface area contributed by atoms with Crippen LogP contribution in [0.1, 0.15) is 21.1 Å². The van der Waals surface area contributed by atoms with Crippen molar-refractivity contribution in [2.24, 2.45) is 0 Å². The topological polar surface area (TPSA) is 68.5 Å². The Kier molecular flexibility index (Phi) is 6.65. The third-order valence-corrected chi connectivity index (χ3v) is 4.95. The highest BCUT2D eigenvalue weighted by Gasteiger charge is 2.30. The van der Waals surface area contributed by atoms with Crippen LogP contribution in [0, 0.1) is 0 Å². The van der Waals surface area contributed by atoms with E-state index in [9.17, 15) is 18.0 Å². The summed E-state index contributed by atoms with van der Waals surface area (Å²) in [7, 11) is 1.55. The number of hydrogen-bond acceptors (Lipinski definition) is 6. The van der Waals surface area contributed by atoms with E-state index in [1.165, 1.54) is 23.5 Å². The van der Waals surface area contributed by atoms with Gasteiger partial charge in [0.15, 0.2) is 0 Å². The molecule has 0 N–H and O–H groups in total. The Morgan fingerprint density at radius 2 is 2.07 bits per heavy atom. The molecule has 0 fully saturated rings. The fourth-order valence-corrected chi connectivity index (χ4v) is 3.30. The summed E-state index contributed by atoms with van der Waals surface area (Å²) in [6.45, 7) is 1.07. The van der Waals surface area contributed by atoms with Gasteiger partial charge in [0.1, 0.15) is 0 Å². The number of nitrogens with zero attached hydrogens (tertiary/aromatic N) is 3. The van der Waals surface area contributed by atoms with Gasteiger partial charge >= 0.3 is 6.18 Å². The monoisotopic (exact) mass is 425 g/mol. The van der Waals surface area contributed by atoms with E-state index in [0.29, 0.717) is 24.6 Å². The molecule has 0 radical (unpaired) electrons. The van der Waals surface area contributed by atoms with Crippen LogP contribution in [0.25, 0.3) is 11.4 Å².